The number of carboxylic acids is 1. The average Bonchev–Trinajstić information content (AvgIpc) is 2.96. The smallest absolute Gasteiger partial charge is 0.416 e. The number of carbonyl (C=O) groups excluding carboxylic acids is 1. The highest BCUT2D eigenvalue weighted by Crippen LogP contribution is 2.29. The molecule has 0 spiro atoms. The van der Waals surface area contributed by atoms with Crippen molar-refractivity contribution in [1.82, 2.24) is 4.57 Å². The molecule has 0 aliphatic carbocycles. The number of anilines is 2. The van der Waals surface area contributed by atoms with Gasteiger partial charge in [0.1, 0.15) is 5.69 Å². The maximum atomic E-state index is 13.5. The van der Waals surface area contributed by atoms with E-state index in [2.05, 4.69) is 5.32 Å². The predicted octanol–water partition coefficient (Wildman–Crippen LogP) is 5.69. The van der Waals surface area contributed by atoms with E-state index >= 15 is 0 Å². The normalized spacial score (nSPS) is 12.0. The summed E-state index contributed by atoms with van der Waals surface area (Å²) < 4.78 is 45.5. The fourth-order valence-electron chi connectivity index (χ4n) is 4.17. The van der Waals surface area contributed by atoms with Crippen LogP contribution >= 0.6 is 0 Å². The largest absolute Gasteiger partial charge is 0.480 e. The van der Waals surface area contributed by atoms with E-state index in [0.29, 0.717) is 11.1 Å². The molecule has 0 fully saturated rings. The fourth-order valence-corrected chi connectivity index (χ4v) is 4.17. The number of alkyl halides is 3. The highest BCUT2D eigenvalue weighted by molar-refractivity contribution is 6.04. The SMILES string of the molecule is CN(C)c1ccc(-c2cc(NC(=O)c3ccc(C(F)(F)F)cc3)c(=O)n(C(COCc3ccccc3)C(=O)O)c2)cc1. The lowest BCUT2D eigenvalue weighted by molar-refractivity contribution is -0.143. The van der Waals surface area contributed by atoms with E-state index in [1.54, 1.807) is 12.1 Å². The zero-order chi connectivity index (χ0) is 30.4. The van der Waals surface area contributed by atoms with Crippen molar-refractivity contribution < 1.29 is 32.6 Å². The second-order valence-electron chi connectivity index (χ2n) is 9.68. The van der Waals surface area contributed by atoms with Gasteiger partial charge in [-0.15, -0.1) is 0 Å². The van der Waals surface area contributed by atoms with Gasteiger partial charge in [-0.2, -0.15) is 13.2 Å². The third-order valence-electron chi connectivity index (χ3n) is 6.49. The number of carbonyl (C=O) groups is 2. The minimum absolute atomic E-state index is 0.114. The van der Waals surface area contributed by atoms with E-state index < -0.39 is 35.2 Å². The van der Waals surface area contributed by atoms with Crippen LogP contribution in [-0.4, -0.2) is 42.3 Å². The van der Waals surface area contributed by atoms with Gasteiger partial charge in [-0.3, -0.25) is 14.2 Å². The Morgan fingerprint density at radius 2 is 1.60 bits per heavy atom. The number of carboxylic acid groups (broad SMARTS) is 1. The van der Waals surface area contributed by atoms with Crippen LogP contribution in [0.3, 0.4) is 0 Å². The molecule has 0 aliphatic rings. The minimum atomic E-state index is -4.58. The Morgan fingerprint density at radius 1 is 0.952 bits per heavy atom. The number of halogens is 3. The molecular weight excluding hydrogens is 551 g/mol. The molecule has 0 aliphatic heterocycles. The lowest BCUT2D eigenvalue weighted by Gasteiger charge is -2.19. The van der Waals surface area contributed by atoms with Crippen LogP contribution in [0.15, 0.2) is 95.9 Å². The third kappa shape index (κ3) is 7.24. The molecule has 42 heavy (non-hydrogen) atoms. The van der Waals surface area contributed by atoms with E-state index in [0.717, 1.165) is 40.1 Å². The summed E-state index contributed by atoms with van der Waals surface area (Å²) in [6.07, 6.45) is -3.20. The van der Waals surface area contributed by atoms with Gasteiger partial charge in [0.2, 0.25) is 0 Å². The van der Waals surface area contributed by atoms with E-state index in [1.165, 1.54) is 12.3 Å². The van der Waals surface area contributed by atoms with Crippen LogP contribution in [0.2, 0.25) is 0 Å². The number of benzene rings is 3. The second kappa shape index (κ2) is 12.7. The van der Waals surface area contributed by atoms with Crippen molar-refractivity contribution in [3.63, 3.8) is 0 Å². The number of aliphatic carboxylic acids is 1. The number of amides is 1. The summed E-state index contributed by atoms with van der Waals surface area (Å²) in [5.41, 5.74) is 0.669. The summed E-state index contributed by atoms with van der Waals surface area (Å²) in [6, 6.07) is 19.8. The molecule has 1 heterocycles. The Bertz CT molecular complexity index is 1600. The van der Waals surface area contributed by atoms with Gasteiger partial charge in [0, 0.05) is 37.1 Å². The van der Waals surface area contributed by atoms with Crippen LogP contribution in [0.4, 0.5) is 24.5 Å². The highest BCUT2D eigenvalue weighted by Gasteiger charge is 2.30. The molecule has 4 aromatic rings. The first-order valence-electron chi connectivity index (χ1n) is 12.8. The molecule has 1 unspecified atom stereocenters. The number of rotatable bonds is 10. The molecule has 11 heteroatoms. The van der Waals surface area contributed by atoms with Crippen LogP contribution in [-0.2, 0) is 22.3 Å². The Morgan fingerprint density at radius 3 is 2.17 bits per heavy atom. The van der Waals surface area contributed by atoms with Crippen LogP contribution in [0.5, 0.6) is 0 Å². The van der Waals surface area contributed by atoms with Crippen LogP contribution < -0.4 is 15.8 Å². The zero-order valence-corrected chi connectivity index (χ0v) is 22.8. The number of aromatic nitrogens is 1. The van der Waals surface area contributed by atoms with Crippen LogP contribution in [0.1, 0.15) is 27.5 Å². The summed E-state index contributed by atoms with van der Waals surface area (Å²) in [6.45, 7) is -0.234. The molecule has 4 rings (SSSR count). The molecule has 1 aromatic heterocycles. The molecule has 218 valence electrons. The first-order valence-corrected chi connectivity index (χ1v) is 12.8. The molecule has 1 atom stereocenters. The molecule has 8 nitrogen and oxygen atoms in total. The number of pyridine rings is 1. The fraction of sp³-hybridized carbons (Fsp3) is 0.194. The van der Waals surface area contributed by atoms with Crippen LogP contribution in [0, 0.1) is 0 Å². The van der Waals surface area contributed by atoms with Crippen molar-refractivity contribution in [1.29, 1.82) is 0 Å². The summed E-state index contributed by atoms with van der Waals surface area (Å²) in [7, 11) is 3.74. The Hall–Kier alpha value is -4.90. The van der Waals surface area contributed by atoms with Gasteiger partial charge in [0.05, 0.1) is 18.8 Å². The van der Waals surface area contributed by atoms with Crippen molar-refractivity contribution in [2.24, 2.45) is 0 Å². The maximum Gasteiger partial charge on any atom is 0.416 e. The number of nitrogens with one attached hydrogen (secondary N) is 1. The van der Waals surface area contributed by atoms with E-state index in [9.17, 15) is 32.7 Å². The van der Waals surface area contributed by atoms with Gasteiger partial charge in [0.15, 0.2) is 6.04 Å². The van der Waals surface area contributed by atoms with E-state index in [4.69, 9.17) is 4.74 Å². The molecule has 1 amide bonds. The molecule has 0 saturated heterocycles. The number of nitrogens with zero attached hydrogens (tertiary/aromatic N) is 2. The molecule has 0 saturated carbocycles. The zero-order valence-electron chi connectivity index (χ0n) is 22.8. The Labute approximate surface area is 239 Å². The lowest BCUT2D eigenvalue weighted by atomic mass is 10.1. The highest BCUT2D eigenvalue weighted by atomic mass is 19.4. The average molecular weight is 580 g/mol. The van der Waals surface area contributed by atoms with Gasteiger partial charge < -0.3 is 20.1 Å². The molecule has 0 bridgehead atoms. The van der Waals surface area contributed by atoms with Gasteiger partial charge in [-0.25, -0.2) is 4.79 Å². The monoisotopic (exact) mass is 579 g/mol. The van der Waals surface area contributed by atoms with Gasteiger partial charge >= 0.3 is 12.1 Å². The van der Waals surface area contributed by atoms with Crippen molar-refractivity contribution in [2.75, 3.05) is 30.9 Å². The number of hydrogen-bond donors (Lipinski definition) is 2. The quantitative estimate of drug-likeness (QED) is 0.250. The first kappa shape index (κ1) is 30.1. The van der Waals surface area contributed by atoms with Crippen LogP contribution in [0.25, 0.3) is 11.1 Å². The third-order valence-corrected chi connectivity index (χ3v) is 6.49. The topological polar surface area (TPSA) is 101 Å². The Balaban J connectivity index is 1.70. The van der Waals surface area contributed by atoms with Crippen molar-refractivity contribution in [2.45, 2.75) is 18.8 Å². The summed E-state index contributed by atoms with van der Waals surface area (Å²) in [5.74, 6) is -2.16. The lowest BCUT2D eigenvalue weighted by Crippen LogP contribution is -2.34. The number of ether oxygens (including phenoxy) is 1. The first-order chi connectivity index (χ1) is 19.9. The number of hydrogen-bond acceptors (Lipinski definition) is 5. The van der Waals surface area contributed by atoms with Crippen molar-refractivity contribution in [3.8, 4) is 11.1 Å². The van der Waals surface area contributed by atoms with E-state index in [-0.39, 0.29) is 24.5 Å². The predicted molar refractivity (Wildman–Crippen MR) is 153 cm³/mol. The molecule has 0 radical (unpaired) electrons. The van der Waals surface area contributed by atoms with Gasteiger partial charge in [0.25, 0.3) is 11.5 Å². The molecule has 3 aromatic carbocycles. The maximum absolute atomic E-state index is 13.5. The van der Waals surface area contributed by atoms with Crippen molar-refractivity contribution in [3.05, 3.63) is 118 Å². The second-order valence-corrected chi connectivity index (χ2v) is 9.68. The minimum Gasteiger partial charge on any atom is -0.480 e. The summed E-state index contributed by atoms with van der Waals surface area (Å²) in [5, 5.41) is 12.5. The van der Waals surface area contributed by atoms with Gasteiger partial charge in [-0.05, 0) is 53.6 Å². The standard InChI is InChI=1S/C31H28F3N3O5/c1-36(2)25-14-10-21(11-15-25)23-16-26(35-28(38)22-8-12-24(13-9-22)31(32,33)34)29(39)37(17-23)27(30(40)41)19-42-18-20-6-4-3-5-7-20/h3-17,27H,18-19H2,1-2H3,(H,35,38)(H,40,41). The van der Waals surface area contributed by atoms with Gasteiger partial charge in [-0.1, -0.05) is 42.5 Å². The summed E-state index contributed by atoms with van der Waals surface area (Å²) in [4.78, 5) is 40.7. The van der Waals surface area contributed by atoms with Crippen molar-refractivity contribution >= 4 is 23.3 Å². The van der Waals surface area contributed by atoms with E-state index in [1.807, 2.05) is 61.5 Å². The molecular formula is C31H28F3N3O5. The molecule has 2 N–H and O–H groups in total. The summed E-state index contributed by atoms with van der Waals surface area (Å²) >= 11 is 0. The Kier molecular flexibility index (Phi) is 9.12.